The topological polar surface area (TPSA) is 85.9 Å². The maximum Gasteiger partial charge on any atom is 0.272 e. The van der Waals surface area contributed by atoms with Crippen LogP contribution < -0.4 is 5.32 Å². The smallest absolute Gasteiger partial charge is 0.272 e. The van der Waals surface area contributed by atoms with E-state index in [1.54, 1.807) is 10.9 Å². The molecule has 1 N–H and O–H groups in total. The summed E-state index contributed by atoms with van der Waals surface area (Å²) in [7, 11) is 0. The van der Waals surface area contributed by atoms with Crippen LogP contribution in [0, 0.1) is 15.9 Å². The molecule has 0 unspecified atom stereocenters. The first-order valence-electron chi connectivity index (χ1n) is 6.77. The SMILES string of the molecule is O=[N+]([O-])c1ccc(NCc2nncn2-c2ccccc2)c(F)c1. The largest absolute Gasteiger partial charge is 0.375 e. The zero-order valence-electron chi connectivity index (χ0n) is 11.9. The standard InChI is InChI=1S/C15H12FN5O2/c16-13-8-12(21(22)23)6-7-14(13)17-9-15-19-18-10-20(15)11-4-2-1-3-5-11/h1-8,10,17H,9H2. The van der Waals surface area contributed by atoms with Crippen LogP contribution in [0.5, 0.6) is 0 Å². The first kappa shape index (κ1) is 14.6. The Balaban J connectivity index is 1.77. The highest BCUT2D eigenvalue weighted by molar-refractivity contribution is 5.50. The third-order valence-corrected chi connectivity index (χ3v) is 3.25. The van der Waals surface area contributed by atoms with E-state index >= 15 is 0 Å². The number of nitro groups is 1. The van der Waals surface area contributed by atoms with Crippen molar-refractivity contribution in [1.29, 1.82) is 0 Å². The van der Waals surface area contributed by atoms with Crippen molar-refractivity contribution in [3.63, 3.8) is 0 Å². The number of hydrogen-bond donors (Lipinski definition) is 1. The van der Waals surface area contributed by atoms with E-state index in [0.29, 0.717) is 5.82 Å². The van der Waals surface area contributed by atoms with Crippen molar-refractivity contribution >= 4 is 11.4 Å². The predicted octanol–water partition coefficient (Wildman–Crippen LogP) is 2.93. The van der Waals surface area contributed by atoms with Crippen molar-refractivity contribution in [3.8, 4) is 5.69 Å². The minimum atomic E-state index is -0.690. The van der Waals surface area contributed by atoms with Crippen LogP contribution in [-0.4, -0.2) is 19.7 Å². The minimum absolute atomic E-state index is 0.165. The van der Waals surface area contributed by atoms with E-state index in [9.17, 15) is 14.5 Å². The molecule has 0 aliphatic carbocycles. The van der Waals surface area contributed by atoms with Crippen LogP contribution in [0.2, 0.25) is 0 Å². The van der Waals surface area contributed by atoms with E-state index in [2.05, 4.69) is 15.5 Å². The lowest BCUT2D eigenvalue weighted by atomic mass is 10.2. The number of nitrogens with zero attached hydrogens (tertiary/aromatic N) is 4. The fourth-order valence-electron chi connectivity index (χ4n) is 2.12. The molecule has 1 aromatic heterocycles. The molecule has 0 fully saturated rings. The van der Waals surface area contributed by atoms with Gasteiger partial charge in [0.05, 0.1) is 23.2 Å². The Bertz CT molecular complexity index is 835. The Morgan fingerprint density at radius 3 is 2.70 bits per heavy atom. The van der Waals surface area contributed by atoms with Gasteiger partial charge in [-0.1, -0.05) is 18.2 Å². The predicted molar refractivity (Wildman–Crippen MR) is 81.7 cm³/mol. The molecule has 8 heteroatoms. The minimum Gasteiger partial charge on any atom is -0.375 e. The third kappa shape index (κ3) is 3.15. The van der Waals surface area contributed by atoms with Crippen LogP contribution in [0.3, 0.4) is 0 Å². The Labute approximate surface area is 130 Å². The van der Waals surface area contributed by atoms with Crippen molar-refractivity contribution < 1.29 is 9.31 Å². The summed E-state index contributed by atoms with van der Waals surface area (Å²) in [6.45, 7) is 0.226. The molecule has 1 heterocycles. The van der Waals surface area contributed by atoms with Crippen LogP contribution >= 0.6 is 0 Å². The molecule has 3 aromatic rings. The zero-order valence-corrected chi connectivity index (χ0v) is 11.9. The van der Waals surface area contributed by atoms with E-state index in [-0.39, 0.29) is 17.9 Å². The van der Waals surface area contributed by atoms with E-state index in [1.165, 1.54) is 12.1 Å². The summed E-state index contributed by atoms with van der Waals surface area (Å²) < 4.78 is 15.6. The van der Waals surface area contributed by atoms with Gasteiger partial charge in [-0.25, -0.2) is 4.39 Å². The lowest BCUT2D eigenvalue weighted by Crippen LogP contribution is -2.08. The number of rotatable bonds is 5. The highest BCUT2D eigenvalue weighted by Crippen LogP contribution is 2.21. The summed E-state index contributed by atoms with van der Waals surface area (Å²) >= 11 is 0. The van der Waals surface area contributed by atoms with Gasteiger partial charge in [-0.3, -0.25) is 14.7 Å². The normalized spacial score (nSPS) is 10.5. The molecule has 0 bridgehead atoms. The van der Waals surface area contributed by atoms with E-state index in [1.807, 2.05) is 30.3 Å². The highest BCUT2D eigenvalue weighted by Gasteiger charge is 2.12. The molecule has 2 aromatic carbocycles. The Morgan fingerprint density at radius 2 is 2.00 bits per heavy atom. The van der Waals surface area contributed by atoms with Gasteiger partial charge in [0.25, 0.3) is 5.69 Å². The molecular weight excluding hydrogens is 301 g/mol. The molecule has 23 heavy (non-hydrogen) atoms. The van der Waals surface area contributed by atoms with E-state index in [0.717, 1.165) is 11.8 Å². The number of nitro benzene ring substituents is 1. The number of para-hydroxylation sites is 1. The molecule has 0 aliphatic heterocycles. The van der Waals surface area contributed by atoms with Crippen LogP contribution in [-0.2, 0) is 6.54 Å². The Morgan fingerprint density at radius 1 is 1.22 bits per heavy atom. The second kappa shape index (κ2) is 6.22. The summed E-state index contributed by atoms with van der Waals surface area (Å²) in [6, 6.07) is 12.9. The average molecular weight is 313 g/mol. The lowest BCUT2D eigenvalue weighted by molar-refractivity contribution is -0.385. The van der Waals surface area contributed by atoms with E-state index in [4.69, 9.17) is 0 Å². The number of halogens is 1. The van der Waals surface area contributed by atoms with Crippen molar-refractivity contribution in [1.82, 2.24) is 14.8 Å². The van der Waals surface area contributed by atoms with Crippen molar-refractivity contribution in [2.75, 3.05) is 5.32 Å². The second-order valence-corrected chi connectivity index (χ2v) is 4.73. The summed E-state index contributed by atoms with van der Waals surface area (Å²) in [6.07, 6.45) is 1.57. The molecule has 0 spiro atoms. The first-order chi connectivity index (χ1) is 11.1. The quantitative estimate of drug-likeness (QED) is 0.578. The van der Waals surface area contributed by atoms with Crippen LogP contribution in [0.25, 0.3) is 5.69 Å². The summed E-state index contributed by atoms with van der Waals surface area (Å²) in [5.74, 6) is -0.0982. The molecule has 0 aliphatic rings. The molecule has 0 saturated heterocycles. The third-order valence-electron chi connectivity index (χ3n) is 3.25. The Kier molecular flexibility index (Phi) is 3.96. The summed E-state index contributed by atoms with van der Waals surface area (Å²) in [5.41, 5.74) is 0.761. The molecule has 0 atom stereocenters. The highest BCUT2D eigenvalue weighted by atomic mass is 19.1. The molecule has 0 radical (unpaired) electrons. The van der Waals surface area contributed by atoms with Gasteiger partial charge in [0.2, 0.25) is 0 Å². The molecular formula is C15H12FN5O2. The van der Waals surface area contributed by atoms with Gasteiger partial charge in [-0.15, -0.1) is 10.2 Å². The molecule has 0 saturated carbocycles. The maximum absolute atomic E-state index is 13.9. The number of non-ortho nitro benzene ring substituents is 1. The summed E-state index contributed by atoms with van der Waals surface area (Å²) in [5, 5.41) is 21.3. The number of aromatic nitrogens is 3. The van der Waals surface area contributed by atoms with E-state index < -0.39 is 10.7 Å². The second-order valence-electron chi connectivity index (χ2n) is 4.73. The van der Waals surface area contributed by atoms with Crippen LogP contribution in [0.15, 0.2) is 54.9 Å². The number of benzene rings is 2. The fourth-order valence-corrected chi connectivity index (χ4v) is 2.12. The molecule has 0 amide bonds. The van der Waals surface area contributed by atoms with Crippen LogP contribution in [0.4, 0.5) is 15.8 Å². The van der Waals surface area contributed by atoms with Gasteiger partial charge < -0.3 is 5.32 Å². The maximum atomic E-state index is 13.9. The van der Waals surface area contributed by atoms with Gasteiger partial charge in [-0.05, 0) is 18.2 Å². The number of hydrogen-bond acceptors (Lipinski definition) is 5. The molecule has 7 nitrogen and oxygen atoms in total. The average Bonchev–Trinajstić information content (AvgIpc) is 3.03. The first-order valence-corrected chi connectivity index (χ1v) is 6.77. The van der Waals surface area contributed by atoms with Crippen molar-refractivity contribution in [2.24, 2.45) is 0 Å². The number of anilines is 1. The van der Waals surface area contributed by atoms with Gasteiger partial charge in [0.1, 0.15) is 6.33 Å². The van der Waals surface area contributed by atoms with Crippen molar-refractivity contribution in [2.45, 2.75) is 6.54 Å². The monoisotopic (exact) mass is 313 g/mol. The lowest BCUT2D eigenvalue weighted by Gasteiger charge is -2.09. The molecule has 116 valence electrons. The van der Waals surface area contributed by atoms with Crippen molar-refractivity contribution in [3.05, 3.63) is 76.6 Å². The Hall–Kier alpha value is -3.29. The van der Waals surface area contributed by atoms with Gasteiger partial charge in [0, 0.05) is 11.8 Å². The van der Waals surface area contributed by atoms with Crippen LogP contribution in [0.1, 0.15) is 5.82 Å². The number of nitrogens with one attached hydrogen (secondary N) is 1. The zero-order chi connectivity index (χ0) is 16.2. The van der Waals surface area contributed by atoms with Gasteiger partial charge in [-0.2, -0.15) is 0 Å². The van der Waals surface area contributed by atoms with Gasteiger partial charge in [0.15, 0.2) is 11.6 Å². The molecule has 3 rings (SSSR count). The fraction of sp³-hybridized carbons (Fsp3) is 0.0667. The summed E-state index contributed by atoms with van der Waals surface area (Å²) in [4.78, 5) is 9.97. The van der Waals surface area contributed by atoms with Gasteiger partial charge >= 0.3 is 0 Å².